The first-order chi connectivity index (χ1) is 19.4. The lowest BCUT2D eigenvalue weighted by molar-refractivity contribution is -0.371. The smallest absolute Gasteiger partial charge is 0.344 e. The number of esters is 3. The number of aliphatic hydroxyl groups is 2. The van der Waals surface area contributed by atoms with Crippen LogP contribution in [0.1, 0.15) is 60.8 Å². The predicted octanol–water partition coefficient (Wildman–Crippen LogP) is 1.37. The number of Topliss-reactive ketones (excluding diaryl/α,β-unsaturated/α-hetero) is 1. The van der Waals surface area contributed by atoms with E-state index in [-0.39, 0.29) is 31.8 Å². The third-order valence-corrected chi connectivity index (χ3v) is 10.1. The number of aliphatic hydroxyl groups excluding tert-OH is 1. The third-order valence-electron chi connectivity index (χ3n) is 10.1. The first-order valence-corrected chi connectivity index (χ1v) is 14.5. The van der Waals surface area contributed by atoms with Crippen LogP contribution in [0.5, 0.6) is 0 Å². The molecule has 0 aromatic carbocycles. The summed E-state index contributed by atoms with van der Waals surface area (Å²) in [5, 5.41) is 24.1. The summed E-state index contributed by atoms with van der Waals surface area (Å²) in [6.45, 7) is 14.8. The van der Waals surface area contributed by atoms with E-state index < -0.39 is 82.2 Å². The standard InChI is InChI=1S/C30H45NO11.ClH/c1-8-27(5)15-20(34)30(37)28(6)19(33)9-10-26(3,4)24(28)23(25(40-18(2)32)29(30,7)42-27)41-22(36)17-39-21(35)16-31-11-13-38-14-12-31;/h8,19,23-25,33,37H,1,9-17H2,2-7H3;1H/t19-,23-,24-,25-,27-,28-,29+,30-;/m0./s1. The number of carbonyl (C=O) groups excluding carboxylic acids is 4. The van der Waals surface area contributed by atoms with E-state index in [1.165, 1.54) is 19.9 Å². The van der Waals surface area contributed by atoms with Gasteiger partial charge in [-0.3, -0.25) is 19.3 Å². The largest absolute Gasteiger partial charge is 0.455 e. The highest BCUT2D eigenvalue weighted by Crippen LogP contribution is 2.67. The predicted molar refractivity (Wildman–Crippen MR) is 154 cm³/mol. The van der Waals surface area contributed by atoms with E-state index >= 15 is 0 Å². The molecule has 12 nitrogen and oxygen atoms in total. The van der Waals surface area contributed by atoms with Crippen molar-refractivity contribution < 1.29 is 53.1 Å². The molecule has 8 atom stereocenters. The highest BCUT2D eigenvalue weighted by molar-refractivity contribution is 5.92. The molecule has 43 heavy (non-hydrogen) atoms. The number of nitrogens with zero attached hydrogens (tertiary/aromatic N) is 1. The Labute approximate surface area is 258 Å². The van der Waals surface area contributed by atoms with E-state index in [9.17, 15) is 29.4 Å². The quantitative estimate of drug-likeness (QED) is 0.236. The van der Waals surface area contributed by atoms with Crippen LogP contribution in [0, 0.1) is 16.7 Å². The maximum absolute atomic E-state index is 14.0. The number of ketones is 1. The molecule has 2 N–H and O–H groups in total. The zero-order valence-corrected chi connectivity index (χ0v) is 26.7. The van der Waals surface area contributed by atoms with Crippen molar-refractivity contribution in [3.05, 3.63) is 12.7 Å². The number of morpholine rings is 1. The summed E-state index contributed by atoms with van der Waals surface area (Å²) in [6, 6.07) is 0. The number of halogens is 1. The topological polar surface area (TPSA) is 158 Å². The number of fused-ring (bicyclic) bond motifs is 3. The van der Waals surface area contributed by atoms with Crippen LogP contribution in [-0.4, -0.2) is 113 Å². The fourth-order valence-electron chi connectivity index (χ4n) is 8.06. The summed E-state index contributed by atoms with van der Waals surface area (Å²) in [6.07, 6.45) is -1.98. The van der Waals surface area contributed by atoms with E-state index in [0.29, 0.717) is 32.7 Å². The maximum atomic E-state index is 14.0. The van der Waals surface area contributed by atoms with E-state index in [0.717, 1.165) is 0 Å². The minimum atomic E-state index is -2.34. The van der Waals surface area contributed by atoms with Crippen LogP contribution in [0.15, 0.2) is 12.7 Å². The van der Waals surface area contributed by atoms with E-state index in [1.54, 1.807) is 13.8 Å². The lowest BCUT2D eigenvalue weighted by Gasteiger charge is -2.71. The lowest BCUT2D eigenvalue weighted by Crippen LogP contribution is -2.87. The molecule has 0 bridgehead atoms. The number of carbonyl (C=O) groups is 4. The van der Waals surface area contributed by atoms with Gasteiger partial charge in [-0.05, 0) is 32.1 Å². The molecule has 2 aliphatic heterocycles. The van der Waals surface area contributed by atoms with Crippen molar-refractivity contribution >= 4 is 36.1 Å². The van der Waals surface area contributed by atoms with Gasteiger partial charge in [-0.1, -0.05) is 26.8 Å². The lowest BCUT2D eigenvalue weighted by atomic mass is 9.39. The monoisotopic (exact) mass is 631 g/mol. The van der Waals surface area contributed by atoms with E-state index in [2.05, 4.69) is 6.58 Å². The molecular formula is C30H46ClNO11. The van der Waals surface area contributed by atoms with Gasteiger partial charge in [0.05, 0.1) is 31.5 Å². The molecule has 0 amide bonds. The molecule has 4 aliphatic rings. The number of hydrogen-bond donors (Lipinski definition) is 2. The van der Waals surface area contributed by atoms with Crippen molar-refractivity contribution in [2.75, 3.05) is 39.5 Å². The molecule has 2 saturated carbocycles. The summed E-state index contributed by atoms with van der Waals surface area (Å²) >= 11 is 0. The maximum Gasteiger partial charge on any atom is 0.344 e. The molecule has 0 aromatic heterocycles. The molecule has 2 saturated heterocycles. The Hall–Kier alpha value is -2.09. The summed E-state index contributed by atoms with van der Waals surface area (Å²) < 4.78 is 28.7. The molecule has 13 heteroatoms. The fourth-order valence-corrected chi connectivity index (χ4v) is 8.06. The van der Waals surface area contributed by atoms with Crippen molar-refractivity contribution in [3.8, 4) is 0 Å². The number of rotatable bonds is 7. The van der Waals surface area contributed by atoms with Crippen LogP contribution in [0.25, 0.3) is 0 Å². The van der Waals surface area contributed by atoms with Crippen molar-refractivity contribution in [2.24, 2.45) is 16.7 Å². The van der Waals surface area contributed by atoms with Gasteiger partial charge in [-0.25, -0.2) is 4.79 Å². The summed E-state index contributed by atoms with van der Waals surface area (Å²) in [5.74, 6) is -3.74. The molecule has 0 aromatic rings. The molecule has 4 rings (SSSR count). The van der Waals surface area contributed by atoms with Crippen molar-refractivity contribution in [3.63, 3.8) is 0 Å². The zero-order valence-electron chi connectivity index (χ0n) is 25.9. The van der Waals surface area contributed by atoms with Gasteiger partial charge in [0.25, 0.3) is 0 Å². The second-order valence-electron chi connectivity index (χ2n) is 13.4. The van der Waals surface area contributed by atoms with Gasteiger partial charge in [0.1, 0.15) is 11.7 Å². The van der Waals surface area contributed by atoms with Crippen LogP contribution in [0.3, 0.4) is 0 Å². The van der Waals surface area contributed by atoms with Gasteiger partial charge < -0.3 is 33.9 Å². The Bertz CT molecular complexity index is 1130. The Morgan fingerprint density at radius 3 is 2.30 bits per heavy atom. The highest BCUT2D eigenvalue weighted by atomic mass is 35.5. The summed E-state index contributed by atoms with van der Waals surface area (Å²) in [7, 11) is 0. The minimum absolute atomic E-state index is 0. The van der Waals surface area contributed by atoms with Gasteiger partial charge in [0, 0.05) is 37.8 Å². The molecule has 0 radical (unpaired) electrons. The normalized spacial score (nSPS) is 40.6. The molecule has 2 aliphatic carbocycles. The van der Waals surface area contributed by atoms with Gasteiger partial charge in [0.15, 0.2) is 24.1 Å². The van der Waals surface area contributed by atoms with Crippen LogP contribution in [-0.2, 0) is 42.9 Å². The molecular weight excluding hydrogens is 586 g/mol. The van der Waals surface area contributed by atoms with Gasteiger partial charge in [-0.2, -0.15) is 0 Å². The first-order valence-electron chi connectivity index (χ1n) is 14.5. The Kier molecular flexibility index (Phi) is 10.2. The van der Waals surface area contributed by atoms with Crippen LogP contribution in [0.4, 0.5) is 0 Å². The average Bonchev–Trinajstić information content (AvgIpc) is 2.90. The van der Waals surface area contributed by atoms with Gasteiger partial charge >= 0.3 is 17.9 Å². The van der Waals surface area contributed by atoms with Crippen LogP contribution >= 0.6 is 12.4 Å². The molecule has 0 spiro atoms. The van der Waals surface area contributed by atoms with Gasteiger partial charge in [-0.15, -0.1) is 19.0 Å². The Balaban J connectivity index is 0.00000506. The second-order valence-corrected chi connectivity index (χ2v) is 13.4. The van der Waals surface area contributed by atoms with Crippen LogP contribution in [0.2, 0.25) is 0 Å². The van der Waals surface area contributed by atoms with Crippen LogP contribution < -0.4 is 0 Å². The van der Waals surface area contributed by atoms with Gasteiger partial charge in [0.2, 0.25) is 0 Å². The highest BCUT2D eigenvalue weighted by Gasteiger charge is 2.82. The van der Waals surface area contributed by atoms with Crippen molar-refractivity contribution in [1.29, 1.82) is 0 Å². The minimum Gasteiger partial charge on any atom is -0.455 e. The summed E-state index contributed by atoms with van der Waals surface area (Å²) in [4.78, 5) is 54.1. The van der Waals surface area contributed by atoms with E-state index in [1.807, 2.05) is 18.7 Å². The Morgan fingerprint density at radius 1 is 1.09 bits per heavy atom. The number of ether oxygens (including phenoxy) is 5. The molecule has 0 unspecified atom stereocenters. The molecule has 2 heterocycles. The summed E-state index contributed by atoms with van der Waals surface area (Å²) in [5.41, 5.74) is -7.84. The SMILES string of the molecule is C=C[C@@]1(C)CC(=O)[C@]2(O)[C@@]3(C)[C@@H](O)CCC(C)(C)[C@@H]3[C@H](OC(=O)COC(=O)CN3CCOCC3)[C@H](OC(C)=O)[C@@]2(C)O1.Cl. The first kappa shape index (κ1) is 35.4. The second kappa shape index (κ2) is 12.4. The Morgan fingerprint density at radius 2 is 1.72 bits per heavy atom. The van der Waals surface area contributed by atoms with Crippen molar-refractivity contribution in [2.45, 2.75) is 95.9 Å². The third kappa shape index (κ3) is 5.86. The van der Waals surface area contributed by atoms with E-state index in [4.69, 9.17) is 23.7 Å². The average molecular weight is 632 g/mol. The fraction of sp³-hybridized carbons (Fsp3) is 0.800. The zero-order chi connectivity index (χ0) is 31.3. The number of hydrogen-bond acceptors (Lipinski definition) is 12. The molecule has 4 fully saturated rings. The molecule has 244 valence electrons. The van der Waals surface area contributed by atoms with Crippen molar-refractivity contribution in [1.82, 2.24) is 4.90 Å².